The van der Waals surface area contributed by atoms with Gasteiger partial charge in [0.2, 0.25) is 5.91 Å². The molecule has 0 aromatic rings. The Labute approximate surface area is 76.7 Å². The number of hydrogen-bond acceptors (Lipinski definition) is 3. The lowest BCUT2D eigenvalue weighted by Crippen LogP contribution is -2.57. The van der Waals surface area contributed by atoms with Gasteiger partial charge in [-0.05, 0) is 13.8 Å². The van der Waals surface area contributed by atoms with Gasteiger partial charge >= 0.3 is 0 Å². The molecule has 0 radical (unpaired) electrons. The average Bonchev–Trinajstić information content (AvgIpc) is 2.08. The van der Waals surface area contributed by atoms with Crippen LogP contribution in [-0.4, -0.2) is 47.1 Å². The third-order valence-corrected chi connectivity index (χ3v) is 2.14. The van der Waals surface area contributed by atoms with Crippen LogP contribution in [0.2, 0.25) is 0 Å². The topological polar surface area (TPSA) is 69.6 Å². The van der Waals surface area contributed by atoms with Crippen LogP contribution in [0.5, 0.6) is 0 Å². The summed E-state index contributed by atoms with van der Waals surface area (Å²) in [6, 6.07) is -0.476. The molecule has 1 aliphatic heterocycles. The lowest BCUT2D eigenvalue weighted by atomic mass is 10.2. The summed E-state index contributed by atoms with van der Waals surface area (Å²) in [5.74, 6) is -0.553. The number of amides is 2. The molecule has 1 aliphatic rings. The van der Waals surface area contributed by atoms with E-state index in [0.717, 1.165) is 0 Å². The molecule has 1 rings (SSSR count). The zero-order chi connectivity index (χ0) is 10.0. The molecule has 0 aromatic heterocycles. The van der Waals surface area contributed by atoms with Crippen LogP contribution in [0.3, 0.4) is 0 Å². The first-order valence-electron chi connectivity index (χ1n) is 4.30. The van der Waals surface area contributed by atoms with Gasteiger partial charge in [0.25, 0.3) is 5.91 Å². The zero-order valence-electron chi connectivity index (χ0n) is 7.78. The summed E-state index contributed by atoms with van der Waals surface area (Å²) in [7, 11) is 0. The summed E-state index contributed by atoms with van der Waals surface area (Å²) in [6.07, 6.45) is -1.03. The van der Waals surface area contributed by atoms with Crippen LogP contribution in [0, 0.1) is 0 Å². The molecule has 2 amide bonds. The van der Waals surface area contributed by atoms with Crippen molar-refractivity contribution in [2.75, 3.05) is 13.1 Å². The molecule has 2 N–H and O–H groups in total. The number of piperazine rings is 1. The van der Waals surface area contributed by atoms with Gasteiger partial charge in [-0.15, -0.1) is 0 Å². The quantitative estimate of drug-likeness (QED) is 0.535. The Morgan fingerprint density at radius 3 is 2.92 bits per heavy atom. The van der Waals surface area contributed by atoms with E-state index in [2.05, 4.69) is 5.32 Å². The number of aliphatic hydroxyl groups excluding tert-OH is 1. The number of carbonyl (C=O) groups is 2. The molecule has 0 spiro atoms. The molecule has 0 saturated carbocycles. The van der Waals surface area contributed by atoms with E-state index in [1.807, 2.05) is 0 Å². The minimum atomic E-state index is -1.03. The lowest BCUT2D eigenvalue weighted by molar-refractivity contribution is -0.148. The second-order valence-corrected chi connectivity index (χ2v) is 3.17. The smallest absolute Gasteiger partial charge is 0.251 e. The van der Waals surface area contributed by atoms with Crippen molar-refractivity contribution in [1.29, 1.82) is 0 Å². The van der Waals surface area contributed by atoms with E-state index >= 15 is 0 Å². The molecule has 0 aliphatic carbocycles. The summed E-state index contributed by atoms with van der Waals surface area (Å²) >= 11 is 0. The predicted molar refractivity (Wildman–Crippen MR) is 45.9 cm³/mol. The highest BCUT2D eigenvalue weighted by atomic mass is 16.3. The molecule has 5 nitrogen and oxygen atoms in total. The number of hydrogen-bond donors (Lipinski definition) is 2. The molecular weight excluding hydrogens is 172 g/mol. The maximum absolute atomic E-state index is 11.3. The molecular formula is C8H14N2O3. The fourth-order valence-corrected chi connectivity index (χ4v) is 1.32. The number of rotatable bonds is 1. The van der Waals surface area contributed by atoms with Crippen LogP contribution in [0.25, 0.3) is 0 Å². The lowest BCUT2D eigenvalue weighted by Gasteiger charge is -2.33. The highest BCUT2D eigenvalue weighted by molar-refractivity contribution is 5.89. The largest absolute Gasteiger partial charge is 0.384 e. The minimum absolute atomic E-state index is 0.166. The van der Waals surface area contributed by atoms with Crippen LogP contribution in [0.15, 0.2) is 0 Å². The first kappa shape index (κ1) is 9.98. The number of carbonyl (C=O) groups excluding carboxylic acids is 2. The first-order chi connectivity index (χ1) is 6.04. The highest BCUT2D eigenvalue weighted by Crippen LogP contribution is 2.05. The van der Waals surface area contributed by atoms with Crippen molar-refractivity contribution in [2.45, 2.75) is 26.0 Å². The Kier molecular flexibility index (Phi) is 2.87. The van der Waals surface area contributed by atoms with E-state index < -0.39 is 12.1 Å². The number of nitrogens with zero attached hydrogens (tertiary/aromatic N) is 1. The van der Waals surface area contributed by atoms with Gasteiger partial charge in [-0.2, -0.15) is 0 Å². The van der Waals surface area contributed by atoms with E-state index in [9.17, 15) is 9.59 Å². The van der Waals surface area contributed by atoms with E-state index in [4.69, 9.17) is 5.11 Å². The molecule has 74 valence electrons. The number of nitrogens with one attached hydrogen (secondary N) is 1. The van der Waals surface area contributed by atoms with Crippen molar-refractivity contribution in [2.24, 2.45) is 0 Å². The summed E-state index contributed by atoms with van der Waals surface area (Å²) in [5, 5.41) is 11.7. The van der Waals surface area contributed by atoms with Crippen LogP contribution in [0.4, 0.5) is 0 Å². The van der Waals surface area contributed by atoms with Crippen molar-refractivity contribution in [3.63, 3.8) is 0 Å². The summed E-state index contributed by atoms with van der Waals surface area (Å²) < 4.78 is 0. The van der Waals surface area contributed by atoms with E-state index in [-0.39, 0.29) is 11.8 Å². The molecule has 1 saturated heterocycles. The summed E-state index contributed by atoms with van der Waals surface area (Å²) in [6.45, 7) is 3.98. The molecule has 0 aromatic carbocycles. The first-order valence-corrected chi connectivity index (χ1v) is 4.30. The van der Waals surface area contributed by atoms with Crippen molar-refractivity contribution in [3.8, 4) is 0 Å². The van der Waals surface area contributed by atoms with Gasteiger partial charge in [0, 0.05) is 13.1 Å². The van der Waals surface area contributed by atoms with Crippen molar-refractivity contribution in [1.82, 2.24) is 10.2 Å². The van der Waals surface area contributed by atoms with E-state index in [1.54, 1.807) is 6.92 Å². The Morgan fingerprint density at radius 2 is 2.38 bits per heavy atom. The van der Waals surface area contributed by atoms with Crippen molar-refractivity contribution < 1.29 is 14.7 Å². The number of aliphatic hydroxyl groups is 1. The Hall–Kier alpha value is -1.10. The molecule has 13 heavy (non-hydrogen) atoms. The summed E-state index contributed by atoms with van der Waals surface area (Å²) in [4.78, 5) is 23.9. The fraction of sp³-hybridized carbons (Fsp3) is 0.750. The van der Waals surface area contributed by atoms with E-state index in [1.165, 1.54) is 11.8 Å². The third kappa shape index (κ3) is 1.98. The van der Waals surface area contributed by atoms with Gasteiger partial charge < -0.3 is 15.3 Å². The van der Waals surface area contributed by atoms with Crippen LogP contribution >= 0.6 is 0 Å². The summed E-state index contributed by atoms with van der Waals surface area (Å²) in [5.41, 5.74) is 0. The highest BCUT2D eigenvalue weighted by Gasteiger charge is 2.30. The van der Waals surface area contributed by atoms with Crippen molar-refractivity contribution in [3.05, 3.63) is 0 Å². The maximum Gasteiger partial charge on any atom is 0.251 e. The van der Waals surface area contributed by atoms with Crippen molar-refractivity contribution >= 4 is 11.8 Å². The second kappa shape index (κ2) is 3.74. The Balaban J connectivity index is 2.68. The normalized spacial score (nSPS) is 25.3. The van der Waals surface area contributed by atoms with Crippen LogP contribution in [-0.2, 0) is 9.59 Å². The third-order valence-electron chi connectivity index (χ3n) is 2.14. The minimum Gasteiger partial charge on any atom is -0.384 e. The molecule has 5 heteroatoms. The predicted octanol–water partition coefficient (Wildman–Crippen LogP) is -1.29. The van der Waals surface area contributed by atoms with Gasteiger partial charge in [0.15, 0.2) is 0 Å². The maximum atomic E-state index is 11.3. The zero-order valence-corrected chi connectivity index (χ0v) is 7.78. The second-order valence-electron chi connectivity index (χ2n) is 3.17. The fourth-order valence-electron chi connectivity index (χ4n) is 1.32. The van der Waals surface area contributed by atoms with Gasteiger partial charge in [-0.25, -0.2) is 0 Å². The van der Waals surface area contributed by atoms with Gasteiger partial charge in [0.05, 0.1) is 0 Å². The van der Waals surface area contributed by atoms with Gasteiger partial charge in [-0.1, -0.05) is 0 Å². The van der Waals surface area contributed by atoms with Crippen LogP contribution < -0.4 is 5.32 Å². The van der Waals surface area contributed by atoms with Crippen LogP contribution in [0.1, 0.15) is 13.8 Å². The van der Waals surface area contributed by atoms with Gasteiger partial charge in [-0.3, -0.25) is 9.59 Å². The standard InChI is InChI=1S/C8H14N2O3/c1-5-7(12)9-3-4-10(5)8(13)6(2)11/h5-6,11H,3-4H2,1-2H3,(H,9,12)/t5?,6-/m0/s1. The molecule has 1 heterocycles. The molecule has 0 bridgehead atoms. The van der Waals surface area contributed by atoms with E-state index in [0.29, 0.717) is 13.1 Å². The molecule has 1 fully saturated rings. The Bertz CT molecular complexity index is 227. The molecule has 2 atom stereocenters. The average molecular weight is 186 g/mol. The SMILES string of the molecule is CC1C(=O)NCCN1C(=O)[C@H](C)O. The Morgan fingerprint density at radius 1 is 1.77 bits per heavy atom. The molecule has 1 unspecified atom stereocenters. The monoisotopic (exact) mass is 186 g/mol. The van der Waals surface area contributed by atoms with Gasteiger partial charge in [0.1, 0.15) is 12.1 Å².